The van der Waals surface area contributed by atoms with Gasteiger partial charge in [-0.2, -0.15) is 0 Å². The molecule has 0 saturated heterocycles. The molecule has 0 aliphatic carbocycles. The third-order valence-corrected chi connectivity index (χ3v) is 4.44. The maximum atomic E-state index is 12.5. The Kier molecular flexibility index (Phi) is 6.08. The van der Waals surface area contributed by atoms with Crippen molar-refractivity contribution < 1.29 is 23.4 Å². The van der Waals surface area contributed by atoms with Crippen molar-refractivity contribution in [3.63, 3.8) is 0 Å². The van der Waals surface area contributed by atoms with Crippen LogP contribution in [-0.2, 0) is 4.74 Å². The van der Waals surface area contributed by atoms with E-state index in [-0.39, 0.29) is 5.89 Å². The second-order valence-corrected chi connectivity index (χ2v) is 6.45. The second kappa shape index (κ2) is 8.68. The SMILES string of the molecule is CCOc1ccc(C(=O)O[C@H](C)c2nnc(-c3cccs3)o2)cc1OCC. The molecule has 0 unspecified atom stereocenters. The van der Waals surface area contributed by atoms with Crippen LogP contribution in [0.15, 0.2) is 40.1 Å². The average molecular weight is 388 g/mol. The summed E-state index contributed by atoms with van der Waals surface area (Å²) >= 11 is 1.49. The first-order valence-electron chi connectivity index (χ1n) is 8.60. The van der Waals surface area contributed by atoms with Gasteiger partial charge in [0.15, 0.2) is 17.6 Å². The highest BCUT2D eigenvalue weighted by Gasteiger charge is 2.21. The first kappa shape index (κ1) is 18.9. The first-order valence-corrected chi connectivity index (χ1v) is 9.48. The predicted octanol–water partition coefficient (Wildman–Crippen LogP) is 4.51. The van der Waals surface area contributed by atoms with E-state index in [1.54, 1.807) is 25.1 Å². The highest BCUT2D eigenvalue weighted by molar-refractivity contribution is 7.13. The molecule has 0 aliphatic rings. The number of hydrogen-bond acceptors (Lipinski definition) is 8. The summed E-state index contributed by atoms with van der Waals surface area (Å²) in [5.74, 6) is 1.22. The van der Waals surface area contributed by atoms with E-state index < -0.39 is 12.1 Å². The van der Waals surface area contributed by atoms with Crippen molar-refractivity contribution >= 4 is 17.3 Å². The van der Waals surface area contributed by atoms with E-state index in [9.17, 15) is 4.79 Å². The molecule has 3 aromatic rings. The molecule has 0 N–H and O–H groups in total. The van der Waals surface area contributed by atoms with E-state index in [2.05, 4.69) is 10.2 Å². The quantitative estimate of drug-likeness (QED) is 0.525. The average Bonchev–Trinajstić information content (AvgIpc) is 3.35. The molecular formula is C19H20N2O5S. The van der Waals surface area contributed by atoms with E-state index in [4.69, 9.17) is 18.6 Å². The summed E-state index contributed by atoms with van der Waals surface area (Å²) < 4.78 is 22.1. The van der Waals surface area contributed by atoms with Crippen molar-refractivity contribution in [2.45, 2.75) is 26.9 Å². The third kappa shape index (κ3) is 4.46. The van der Waals surface area contributed by atoms with Crippen molar-refractivity contribution in [2.24, 2.45) is 0 Å². The Morgan fingerprint density at radius 1 is 1.15 bits per heavy atom. The molecule has 0 bridgehead atoms. The van der Waals surface area contributed by atoms with Crippen LogP contribution in [0.25, 0.3) is 10.8 Å². The van der Waals surface area contributed by atoms with Crippen molar-refractivity contribution in [1.29, 1.82) is 0 Å². The van der Waals surface area contributed by atoms with Crippen LogP contribution < -0.4 is 9.47 Å². The van der Waals surface area contributed by atoms with E-state index in [1.165, 1.54) is 11.3 Å². The highest BCUT2D eigenvalue weighted by Crippen LogP contribution is 2.30. The van der Waals surface area contributed by atoms with Gasteiger partial charge in [-0.25, -0.2) is 4.79 Å². The zero-order valence-electron chi connectivity index (χ0n) is 15.3. The summed E-state index contributed by atoms with van der Waals surface area (Å²) in [5.41, 5.74) is 0.353. The molecule has 1 aromatic carbocycles. The molecule has 2 aromatic heterocycles. The zero-order chi connectivity index (χ0) is 19.2. The summed E-state index contributed by atoms with van der Waals surface area (Å²) in [5, 5.41) is 9.89. The molecule has 0 amide bonds. The van der Waals surface area contributed by atoms with Crippen molar-refractivity contribution in [2.75, 3.05) is 13.2 Å². The van der Waals surface area contributed by atoms with Gasteiger partial charge in [-0.05, 0) is 50.4 Å². The first-order chi connectivity index (χ1) is 13.1. The molecule has 3 rings (SSSR count). The van der Waals surface area contributed by atoms with Gasteiger partial charge in [-0.15, -0.1) is 21.5 Å². The number of carbonyl (C=O) groups is 1. The molecular weight excluding hydrogens is 368 g/mol. The maximum absolute atomic E-state index is 12.5. The molecule has 1 atom stereocenters. The highest BCUT2D eigenvalue weighted by atomic mass is 32.1. The Hall–Kier alpha value is -2.87. The number of thiophene rings is 1. The number of ether oxygens (including phenoxy) is 3. The van der Waals surface area contributed by atoms with Gasteiger partial charge in [0, 0.05) is 0 Å². The fourth-order valence-corrected chi connectivity index (χ4v) is 3.00. The van der Waals surface area contributed by atoms with Crippen LogP contribution in [-0.4, -0.2) is 29.4 Å². The Bertz CT molecular complexity index is 891. The van der Waals surface area contributed by atoms with Gasteiger partial charge in [0.2, 0.25) is 0 Å². The third-order valence-electron chi connectivity index (χ3n) is 3.58. The molecule has 8 heteroatoms. The minimum Gasteiger partial charge on any atom is -0.490 e. The summed E-state index contributed by atoms with van der Waals surface area (Å²) in [6, 6.07) is 8.71. The fraction of sp³-hybridized carbons (Fsp3) is 0.316. The summed E-state index contributed by atoms with van der Waals surface area (Å²) in [7, 11) is 0. The lowest BCUT2D eigenvalue weighted by atomic mass is 10.2. The molecule has 0 spiro atoms. The number of nitrogens with zero attached hydrogens (tertiary/aromatic N) is 2. The van der Waals surface area contributed by atoms with Gasteiger partial charge in [0.05, 0.1) is 23.7 Å². The molecule has 0 saturated carbocycles. The standard InChI is InChI=1S/C19H20N2O5S/c1-4-23-14-9-8-13(11-15(14)24-5-2)19(22)25-12(3)17-20-21-18(26-17)16-7-6-10-27-16/h6-12H,4-5H2,1-3H3/t12-/m1/s1. The van der Waals surface area contributed by atoms with Crippen LogP contribution in [0, 0.1) is 0 Å². The van der Waals surface area contributed by atoms with Gasteiger partial charge in [-0.3, -0.25) is 0 Å². The Labute approximate surface area is 160 Å². The summed E-state index contributed by atoms with van der Waals surface area (Å²) in [6.07, 6.45) is -0.680. The summed E-state index contributed by atoms with van der Waals surface area (Å²) in [4.78, 5) is 13.3. The van der Waals surface area contributed by atoms with Crippen LogP contribution in [0.4, 0.5) is 0 Å². The fourth-order valence-electron chi connectivity index (χ4n) is 2.36. The number of rotatable bonds is 8. The van der Waals surface area contributed by atoms with Crippen LogP contribution in [0.3, 0.4) is 0 Å². The van der Waals surface area contributed by atoms with Crippen LogP contribution >= 0.6 is 11.3 Å². The Balaban J connectivity index is 1.72. The minimum absolute atomic E-state index is 0.239. The van der Waals surface area contributed by atoms with Crippen LogP contribution in [0.2, 0.25) is 0 Å². The molecule has 2 heterocycles. The van der Waals surface area contributed by atoms with E-state index >= 15 is 0 Å². The number of esters is 1. The maximum Gasteiger partial charge on any atom is 0.339 e. The van der Waals surface area contributed by atoms with E-state index in [1.807, 2.05) is 31.4 Å². The Morgan fingerprint density at radius 3 is 2.63 bits per heavy atom. The number of hydrogen-bond donors (Lipinski definition) is 0. The second-order valence-electron chi connectivity index (χ2n) is 5.50. The Morgan fingerprint density at radius 2 is 1.93 bits per heavy atom. The number of carbonyl (C=O) groups excluding carboxylic acids is 1. The molecule has 0 fully saturated rings. The predicted molar refractivity (Wildman–Crippen MR) is 100 cm³/mol. The molecule has 0 radical (unpaired) electrons. The molecule has 7 nitrogen and oxygen atoms in total. The number of benzene rings is 1. The summed E-state index contributed by atoms with van der Waals surface area (Å²) in [6.45, 7) is 6.40. The topological polar surface area (TPSA) is 83.7 Å². The number of aromatic nitrogens is 2. The van der Waals surface area contributed by atoms with Gasteiger partial charge in [0.1, 0.15) is 0 Å². The van der Waals surface area contributed by atoms with E-state index in [0.717, 1.165) is 4.88 Å². The largest absolute Gasteiger partial charge is 0.490 e. The lowest BCUT2D eigenvalue weighted by Crippen LogP contribution is -2.10. The molecule has 142 valence electrons. The van der Waals surface area contributed by atoms with Crippen molar-refractivity contribution in [3.05, 3.63) is 47.2 Å². The van der Waals surface area contributed by atoms with Gasteiger partial charge in [-0.1, -0.05) is 6.07 Å². The smallest absolute Gasteiger partial charge is 0.339 e. The van der Waals surface area contributed by atoms with Crippen molar-refractivity contribution in [3.8, 4) is 22.3 Å². The molecule has 0 aliphatic heterocycles. The minimum atomic E-state index is -0.680. The van der Waals surface area contributed by atoms with Gasteiger partial charge >= 0.3 is 5.97 Å². The van der Waals surface area contributed by atoms with Gasteiger partial charge in [0.25, 0.3) is 11.8 Å². The normalized spacial score (nSPS) is 11.8. The zero-order valence-corrected chi connectivity index (χ0v) is 16.1. The van der Waals surface area contributed by atoms with Crippen LogP contribution in [0.1, 0.15) is 43.1 Å². The van der Waals surface area contributed by atoms with Crippen molar-refractivity contribution in [1.82, 2.24) is 10.2 Å². The van der Waals surface area contributed by atoms with Crippen LogP contribution in [0.5, 0.6) is 11.5 Å². The lowest BCUT2D eigenvalue weighted by Gasteiger charge is -2.13. The van der Waals surface area contributed by atoms with E-state index in [0.29, 0.717) is 36.2 Å². The lowest BCUT2D eigenvalue weighted by molar-refractivity contribution is 0.0279. The van der Waals surface area contributed by atoms with Gasteiger partial charge < -0.3 is 18.6 Å². The molecule has 27 heavy (non-hydrogen) atoms. The monoisotopic (exact) mass is 388 g/mol.